The molecule has 0 aliphatic rings. The van der Waals surface area contributed by atoms with Crippen molar-refractivity contribution >= 4 is 6.34 Å². The van der Waals surface area contributed by atoms with Gasteiger partial charge in [-0.3, -0.25) is 4.90 Å². The molecule has 0 bridgehead atoms. The van der Waals surface area contributed by atoms with Crippen molar-refractivity contribution < 1.29 is 4.74 Å². The molecule has 0 radical (unpaired) electrons. The Morgan fingerprint density at radius 1 is 1.27 bits per heavy atom. The molecule has 11 heavy (non-hydrogen) atoms. The first-order valence-corrected chi connectivity index (χ1v) is 3.47. The lowest BCUT2D eigenvalue weighted by molar-refractivity contribution is 0.00386. The molecule has 0 spiro atoms. The van der Waals surface area contributed by atoms with E-state index in [-0.39, 0.29) is 6.35 Å². The van der Waals surface area contributed by atoms with E-state index >= 15 is 0 Å². The molecule has 0 aromatic rings. The van der Waals surface area contributed by atoms with Gasteiger partial charge in [-0.05, 0) is 14.1 Å². The molecule has 0 aromatic carbocycles. The summed E-state index contributed by atoms with van der Waals surface area (Å²) >= 11 is 0. The summed E-state index contributed by atoms with van der Waals surface area (Å²) in [4.78, 5) is 7.91. The lowest BCUT2D eigenvalue weighted by atomic mass is 10.8. The average Bonchev–Trinajstić information content (AvgIpc) is 1.87. The second kappa shape index (κ2) is 5.09. The number of methoxy groups -OCH3 is 1. The van der Waals surface area contributed by atoms with Gasteiger partial charge in [-0.15, -0.1) is 0 Å². The molecular weight excluding hydrogens is 142 g/mol. The first-order valence-electron chi connectivity index (χ1n) is 3.47. The van der Waals surface area contributed by atoms with Crippen LogP contribution in [0.15, 0.2) is 4.99 Å². The lowest BCUT2D eigenvalue weighted by Crippen LogP contribution is -2.28. The van der Waals surface area contributed by atoms with E-state index in [9.17, 15) is 0 Å². The van der Waals surface area contributed by atoms with Gasteiger partial charge in [0.2, 0.25) is 6.35 Å². The summed E-state index contributed by atoms with van der Waals surface area (Å²) < 4.78 is 5.06. The summed E-state index contributed by atoms with van der Waals surface area (Å²) in [6.07, 6.45) is 1.55. The second-order valence-corrected chi connectivity index (χ2v) is 2.75. The third-order valence-corrected chi connectivity index (χ3v) is 1.08. The van der Waals surface area contributed by atoms with E-state index < -0.39 is 0 Å². The Morgan fingerprint density at radius 3 is 2.09 bits per heavy atom. The molecule has 0 amide bonds. The van der Waals surface area contributed by atoms with Gasteiger partial charge in [-0.1, -0.05) is 0 Å². The van der Waals surface area contributed by atoms with Crippen molar-refractivity contribution in [2.75, 3.05) is 35.3 Å². The van der Waals surface area contributed by atoms with E-state index in [1.54, 1.807) is 13.4 Å². The van der Waals surface area contributed by atoms with Gasteiger partial charge in [-0.2, -0.15) is 0 Å². The maximum absolute atomic E-state index is 5.06. The number of aliphatic imine (C=N–C) groups is 1. The summed E-state index contributed by atoms with van der Waals surface area (Å²) in [7, 11) is 9.32. The summed E-state index contributed by atoms with van der Waals surface area (Å²) in [5.74, 6) is 0. The van der Waals surface area contributed by atoms with Crippen LogP contribution >= 0.6 is 0 Å². The number of nitrogens with zero attached hydrogens (tertiary/aromatic N) is 3. The fourth-order valence-corrected chi connectivity index (χ4v) is 0.595. The first-order chi connectivity index (χ1) is 5.07. The van der Waals surface area contributed by atoms with Crippen molar-refractivity contribution in [1.29, 1.82) is 0 Å². The van der Waals surface area contributed by atoms with Crippen LogP contribution in [-0.4, -0.2) is 57.8 Å². The fourth-order valence-electron chi connectivity index (χ4n) is 0.595. The molecule has 0 aromatic heterocycles. The summed E-state index contributed by atoms with van der Waals surface area (Å²) in [5.41, 5.74) is 0. The van der Waals surface area contributed by atoms with Gasteiger partial charge < -0.3 is 9.64 Å². The van der Waals surface area contributed by atoms with Crippen LogP contribution in [0.25, 0.3) is 0 Å². The molecule has 0 saturated heterocycles. The lowest BCUT2D eigenvalue weighted by Gasteiger charge is -2.18. The summed E-state index contributed by atoms with van der Waals surface area (Å²) in [6, 6.07) is 0. The maximum atomic E-state index is 5.06. The highest BCUT2D eigenvalue weighted by Crippen LogP contribution is 1.93. The zero-order valence-corrected chi connectivity index (χ0v) is 7.90. The fraction of sp³-hybridized carbons (Fsp3) is 0.857. The number of hydrogen-bond acceptors (Lipinski definition) is 3. The predicted octanol–water partition coefficient (Wildman–Crippen LogP) is 0.0679. The molecule has 1 atom stereocenters. The largest absolute Gasteiger partial charge is 0.369 e. The van der Waals surface area contributed by atoms with Crippen LogP contribution in [-0.2, 0) is 4.74 Å². The molecule has 1 unspecified atom stereocenters. The van der Waals surface area contributed by atoms with E-state index in [1.165, 1.54) is 0 Å². The minimum Gasteiger partial charge on any atom is -0.369 e. The minimum atomic E-state index is -0.183. The predicted molar refractivity (Wildman–Crippen MR) is 46.7 cm³/mol. The Kier molecular flexibility index (Phi) is 4.81. The maximum Gasteiger partial charge on any atom is 0.207 e. The normalized spacial score (nSPS) is 14.4. The third kappa shape index (κ3) is 4.75. The molecule has 0 aliphatic heterocycles. The highest BCUT2D eigenvalue weighted by molar-refractivity contribution is 5.53. The molecule has 0 heterocycles. The second-order valence-electron chi connectivity index (χ2n) is 2.75. The van der Waals surface area contributed by atoms with Crippen LogP contribution in [0.2, 0.25) is 0 Å². The molecule has 0 saturated carbocycles. The van der Waals surface area contributed by atoms with Crippen LogP contribution in [0, 0.1) is 0 Å². The standard InChI is InChI=1S/C7H17N3O/c1-9(2)6-8-7(11-5)10(3)4/h6-7H,1-5H3/b8-6+. The molecule has 66 valence electrons. The summed E-state index contributed by atoms with van der Waals surface area (Å²) in [6.45, 7) is 0. The van der Waals surface area contributed by atoms with E-state index in [2.05, 4.69) is 4.99 Å². The van der Waals surface area contributed by atoms with Crippen LogP contribution < -0.4 is 0 Å². The van der Waals surface area contributed by atoms with Crippen molar-refractivity contribution in [2.45, 2.75) is 6.35 Å². The van der Waals surface area contributed by atoms with Crippen molar-refractivity contribution in [3.05, 3.63) is 0 Å². The van der Waals surface area contributed by atoms with Gasteiger partial charge in [0.1, 0.15) is 0 Å². The van der Waals surface area contributed by atoms with Crippen molar-refractivity contribution in [1.82, 2.24) is 9.80 Å². The van der Waals surface area contributed by atoms with Gasteiger partial charge in [0, 0.05) is 21.2 Å². The summed E-state index contributed by atoms with van der Waals surface area (Å²) in [5, 5.41) is 0. The average molecular weight is 159 g/mol. The SMILES string of the molecule is COC(/N=C/N(C)C)N(C)C. The Labute approximate surface area is 68.5 Å². The molecule has 4 nitrogen and oxygen atoms in total. The number of rotatable bonds is 4. The Morgan fingerprint density at radius 2 is 1.82 bits per heavy atom. The zero-order valence-electron chi connectivity index (χ0n) is 7.90. The molecular formula is C7H17N3O. The quantitative estimate of drug-likeness (QED) is 0.330. The van der Waals surface area contributed by atoms with Crippen LogP contribution in [0.4, 0.5) is 0 Å². The van der Waals surface area contributed by atoms with E-state index in [1.807, 2.05) is 38.0 Å². The van der Waals surface area contributed by atoms with Crippen molar-refractivity contribution in [3.63, 3.8) is 0 Å². The molecule has 0 N–H and O–H groups in total. The van der Waals surface area contributed by atoms with E-state index in [4.69, 9.17) is 4.74 Å². The Balaban J connectivity index is 3.87. The first kappa shape index (κ1) is 10.4. The molecule has 0 rings (SSSR count). The highest BCUT2D eigenvalue weighted by Gasteiger charge is 2.04. The smallest absolute Gasteiger partial charge is 0.207 e. The van der Waals surface area contributed by atoms with Gasteiger partial charge in [0.05, 0.1) is 6.34 Å². The zero-order chi connectivity index (χ0) is 8.85. The van der Waals surface area contributed by atoms with Gasteiger partial charge in [-0.25, -0.2) is 4.99 Å². The monoisotopic (exact) mass is 159 g/mol. The Bertz CT molecular complexity index is 123. The van der Waals surface area contributed by atoms with Gasteiger partial charge in [0.25, 0.3) is 0 Å². The van der Waals surface area contributed by atoms with Crippen molar-refractivity contribution in [2.24, 2.45) is 4.99 Å². The molecule has 0 fully saturated rings. The van der Waals surface area contributed by atoms with E-state index in [0.29, 0.717) is 0 Å². The van der Waals surface area contributed by atoms with Crippen LogP contribution in [0.1, 0.15) is 0 Å². The third-order valence-electron chi connectivity index (χ3n) is 1.08. The number of hydrogen-bond donors (Lipinski definition) is 0. The molecule has 0 aliphatic carbocycles. The van der Waals surface area contributed by atoms with Gasteiger partial charge >= 0.3 is 0 Å². The topological polar surface area (TPSA) is 28.1 Å². The molecule has 4 heteroatoms. The Hall–Kier alpha value is -0.610. The van der Waals surface area contributed by atoms with Crippen molar-refractivity contribution in [3.8, 4) is 0 Å². The number of ether oxygens (including phenoxy) is 1. The van der Waals surface area contributed by atoms with E-state index in [0.717, 1.165) is 0 Å². The van der Waals surface area contributed by atoms with Crippen LogP contribution in [0.5, 0.6) is 0 Å². The highest BCUT2D eigenvalue weighted by atomic mass is 16.5. The minimum absolute atomic E-state index is 0.183. The van der Waals surface area contributed by atoms with Crippen LogP contribution in [0.3, 0.4) is 0 Å². The van der Waals surface area contributed by atoms with Gasteiger partial charge in [0.15, 0.2) is 0 Å².